The van der Waals surface area contributed by atoms with Gasteiger partial charge in [0.1, 0.15) is 5.82 Å². The molecule has 2 heterocycles. The molecule has 0 bridgehead atoms. The first-order valence-corrected chi connectivity index (χ1v) is 8.93. The van der Waals surface area contributed by atoms with E-state index in [0.717, 1.165) is 55.0 Å². The fourth-order valence-electron chi connectivity index (χ4n) is 3.53. The van der Waals surface area contributed by atoms with Gasteiger partial charge in [0.2, 0.25) is 0 Å². The Morgan fingerprint density at radius 2 is 1.60 bits per heavy atom. The predicted octanol–water partition coefficient (Wildman–Crippen LogP) is 3.02. The van der Waals surface area contributed by atoms with Crippen LogP contribution in [0.3, 0.4) is 0 Å². The highest BCUT2D eigenvalue weighted by Gasteiger charge is 2.20. The van der Waals surface area contributed by atoms with E-state index in [1.54, 1.807) is 0 Å². The van der Waals surface area contributed by atoms with Gasteiger partial charge in [-0.3, -0.25) is 4.90 Å². The van der Waals surface area contributed by atoms with Crippen LogP contribution in [0.25, 0.3) is 10.9 Å². The summed E-state index contributed by atoms with van der Waals surface area (Å²) in [5, 5.41) is 1.16. The van der Waals surface area contributed by atoms with E-state index in [9.17, 15) is 0 Å². The molecule has 0 atom stereocenters. The third kappa shape index (κ3) is 3.50. The minimum atomic E-state index is 0.525. The van der Waals surface area contributed by atoms with Crippen LogP contribution < -0.4 is 10.6 Å². The topological polar surface area (TPSA) is 45.4 Å². The van der Waals surface area contributed by atoms with Crippen LogP contribution in [0, 0.1) is 0 Å². The van der Waals surface area contributed by atoms with Gasteiger partial charge in [-0.25, -0.2) is 4.98 Å². The van der Waals surface area contributed by atoms with Gasteiger partial charge in [-0.1, -0.05) is 48.5 Å². The number of piperazine rings is 1. The van der Waals surface area contributed by atoms with Crippen molar-refractivity contribution in [3.8, 4) is 0 Å². The lowest BCUT2D eigenvalue weighted by Crippen LogP contribution is -2.46. The van der Waals surface area contributed by atoms with Crippen LogP contribution >= 0.6 is 0 Å². The Labute approximate surface area is 148 Å². The van der Waals surface area contributed by atoms with Crippen molar-refractivity contribution in [2.75, 3.05) is 31.1 Å². The maximum atomic E-state index is 6.00. The molecule has 25 heavy (non-hydrogen) atoms. The van der Waals surface area contributed by atoms with Crippen molar-refractivity contribution in [1.29, 1.82) is 0 Å². The molecule has 1 aliphatic rings. The molecule has 0 unspecified atom stereocenters. The lowest BCUT2D eigenvalue weighted by molar-refractivity contribution is 0.249. The van der Waals surface area contributed by atoms with Crippen LogP contribution in [0.5, 0.6) is 0 Å². The third-order valence-corrected chi connectivity index (χ3v) is 4.92. The maximum Gasteiger partial charge on any atom is 0.133 e. The number of para-hydroxylation sites is 1. The minimum absolute atomic E-state index is 0.525. The first-order chi connectivity index (χ1) is 12.3. The van der Waals surface area contributed by atoms with E-state index < -0.39 is 0 Å². The van der Waals surface area contributed by atoms with E-state index in [1.807, 2.05) is 12.1 Å². The van der Waals surface area contributed by atoms with Crippen molar-refractivity contribution < 1.29 is 0 Å². The van der Waals surface area contributed by atoms with Crippen LogP contribution in [-0.2, 0) is 13.1 Å². The second-order valence-electron chi connectivity index (χ2n) is 6.62. The molecule has 0 spiro atoms. The number of rotatable bonds is 4. The summed E-state index contributed by atoms with van der Waals surface area (Å²) in [4.78, 5) is 9.80. The molecule has 2 N–H and O–H groups in total. The highest BCUT2D eigenvalue weighted by atomic mass is 15.3. The summed E-state index contributed by atoms with van der Waals surface area (Å²) >= 11 is 0. The van der Waals surface area contributed by atoms with Crippen LogP contribution in [0.4, 0.5) is 5.82 Å². The van der Waals surface area contributed by atoms with Gasteiger partial charge >= 0.3 is 0 Å². The number of hydrogen-bond donors (Lipinski definition) is 1. The number of pyridine rings is 1. The van der Waals surface area contributed by atoms with Crippen LogP contribution in [0.15, 0.2) is 60.7 Å². The molecule has 0 amide bonds. The highest BCUT2D eigenvalue weighted by molar-refractivity contribution is 5.81. The number of anilines is 1. The second kappa shape index (κ2) is 7.21. The van der Waals surface area contributed by atoms with Gasteiger partial charge in [-0.2, -0.15) is 0 Å². The molecular weight excluding hydrogens is 308 g/mol. The Morgan fingerprint density at radius 1 is 0.880 bits per heavy atom. The SMILES string of the molecule is NCc1cc2ccccc2nc1N1CCN(Cc2ccccc2)CC1. The van der Waals surface area contributed by atoms with Crippen molar-refractivity contribution >= 4 is 16.7 Å². The third-order valence-electron chi connectivity index (χ3n) is 4.92. The predicted molar refractivity (Wildman–Crippen MR) is 104 cm³/mol. The van der Waals surface area contributed by atoms with Gasteiger partial charge in [0.25, 0.3) is 0 Å². The molecule has 1 aromatic heterocycles. The van der Waals surface area contributed by atoms with Crippen LogP contribution in [-0.4, -0.2) is 36.1 Å². The molecule has 3 aromatic rings. The molecule has 0 saturated carbocycles. The number of fused-ring (bicyclic) bond motifs is 1. The molecule has 1 fully saturated rings. The van der Waals surface area contributed by atoms with Gasteiger partial charge in [0.15, 0.2) is 0 Å². The Hall–Kier alpha value is -2.43. The Kier molecular flexibility index (Phi) is 4.63. The molecule has 4 nitrogen and oxygen atoms in total. The van der Waals surface area contributed by atoms with Gasteiger partial charge in [0.05, 0.1) is 5.52 Å². The lowest BCUT2D eigenvalue weighted by Gasteiger charge is -2.36. The molecule has 2 aromatic carbocycles. The van der Waals surface area contributed by atoms with Crippen LogP contribution in [0.1, 0.15) is 11.1 Å². The quantitative estimate of drug-likeness (QED) is 0.798. The summed E-state index contributed by atoms with van der Waals surface area (Å²) < 4.78 is 0. The average Bonchev–Trinajstić information content (AvgIpc) is 2.68. The summed E-state index contributed by atoms with van der Waals surface area (Å²) in [6.45, 7) is 5.62. The zero-order valence-electron chi connectivity index (χ0n) is 14.4. The van der Waals surface area contributed by atoms with Crippen molar-refractivity contribution in [2.45, 2.75) is 13.1 Å². The number of aromatic nitrogens is 1. The molecule has 0 aliphatic carbocycles. The van der Waals surface area contributed by atoms with Crippen molar-refractivity contribution in [2.24, 2.45) is 5.73 Å². The highest BCUT2D eigenvalue weighted by Crippen LogP contribution is 2.24. The van der Waals surface area contributed by atoms with Gasteiger partial charge in [-0.05, 0) is 17.7 Å². The number of hydrogen-bond acceptors (Lipinski definition) is 4. The van der Waals surface area contributed by atoms with E-state index in [1.165, 1.54) is 5.56 Å². The summed E-state index contributed by atoms with van der Waals surface area (Å²) in [5.74, 6) is 1.06. The summed E-state index contributed by atoms with van der Waals surface area (Å²) in [6, 6.07) is 21.1. The van der Waals surface area contributed by atoms with E-state index in [-0.39, 0.29) is 0 Å². The fraction of sp³-hybridized carbons (Fsp3) is 0.286. The van der Waals surface area contributed by atoms with E-state index in [4.69, 9.17) is 10.7 Å². The van der Waals surface area contributed by atoms with Crippen molar-refractivity contribution in [3.63, 3.8) is 0 Å². The van der Waals surface area contributed by atoms with Gasteiger partial charge in [0, 0.05) is 50.2 Å². The molecule has 1 aliphatic heterocycles. The summed E-state index contributed by atoms with van der Waals surface area (Å²) in [7, 11) is 0. The zero-order chi connectivity index (χ0) is 17.1. The largest absolute Gasteiger partial charge is 0.354 e. The summed E-state index contributed by atoms with van der Waals surface area (Å²) in [5.41, 5.74) is 9.56. The standard InChI is InChI=1S/C21H24N4/c22-15-19-14-18-8-4-5-9-20(18)23-21(19)25-12-10-24(11-13-25)16-17-6-2-1-3-7-17/h1-9,14H,10-13,15-16,22H2. The Balaban J connectivity index is 1.49. The van der Waals surface area contributed by atoms with Gasteiger partial charge in [-0.15, -0.1) is 0 Å². The lowest BCUT2D eigenvalue weighted by atomic mass is 10.1. The van der Waals surface area contributed by atoms with E-state index in [0.29, 0.717) is 6.54 Å². The zero-order valence-corrected chi connectivity index (χ0v) is 14.4. The first-order valence-electron chi connectivity index (χ1n) is 8.93. The molecule has 1 saturated heterocycles. The molecule has 4 rings (SSSR count). The maximum absolute atomic E-state index is 6.00. The van der Waals surface area contributed by atoms with Crippen LogP contribution in [0.2, 0.25) is 0 Å². The first kappa shape index (κ1) is 16.1. The van der Waals surface area contributed by atoms with Crippen molar-refractivity contribution in [1.82, 2.24) is 9.88 Å². The van der Waals surface area contributed by atoms with E-state index >= 15 is 0 Å². The smallest absolute Gasteiger partial charge is 0.133 e. The molecular formula is C21H24N4. The Morgan fingerprint density at radius 3 is 2.36 bits per heavy atom. The fourth-order valence-corrected chi connectivity index (χ4v) is 3.53. The average molecular weight is 332 g/mol. The minimum Gasteiger partial charge on any atom is -0.354 e. The Bertz CT molecular complexity index is 839. The number of nitrogens with zero attached hydrogens (tertiary/aromatic N) is 3. The molecule has 4 heteroatoms. The van der Waals surface area contributed by atoms with Gasteiger partial charge < -0.3 is 10.6 Å². The number of nitrogens with two attached hydrogens (primary N) is 1. The van der Waals surface area contributed by atoms with Crippen molar-refractivity contribution in [3.05, 3.63) is 71.8 Å². The number of benzene rings is 2. The summed E-state index contributed by atoms with van der Waals surface area (Å²) in [6.07, 6.45) is 0. The monoisotopic (exact) mass is 332 g/mol. The normalized spacial score (nSPS) is 15.6. The second-order valence-corrected chi connectivity index (χ2v) is 6.62. The van der Waals surface area contributed by atoms with E-state index in [2.05, 4.69) is 58.3 Å². The molecule has 128 valence electrons. The molecule has 0 radical (unpaired) electrons.